The smallest absolute Gasteiger partial charge is 0.315 e. The molecule has 0 aromatic carbocycles. The molecule has 274 valence electrons. The molecule has 0 bridgehead atoms. The van der Waals surface area contributed by atoms with Crippen molar-refractivity contribution in [1.29, 1.82) is 0 Å². The number of rotatable bonds is 12. The molecular formula is C36H57N5O7S. The van der Waals surface area contributed by atoms with Gasteiger partial charge in [0, 0.05) is 13.1 Å². The van der Waals surface area contributed by atoms with E-state index in [-0.39, 0.29) is 35.5 Å². The minimum absolute atomic E-state index is 0.0668. The van der Waals surface area contributed by atoms with Crippen LogP contribution in [-0.4, -0.2) is 90.6 Å². The Morgan fingerprint density at radius 3 is 2.22 bits per heavy atom. The van der Waals surface area contributed by atoms with Crippen LogP contribution in [0.5, 0.6) is 0 Å². The Labute approximate surface area is 291 Å². The molecule has 0 spiro atoms. The Morgan fingerprint density at radius 1 is 0.959 bits per heavy atom. The average molecular weight is 704 g/mol. The van der Waals surface area contributed by atoms with Gasteiger partial charge in [0.05, 0.1) is 22.6 Å². The number of nitrogens with zero attached hydrogens (tertiary/aromatic N) is 1. The SMILES string of the molecule is C=CCNC(=O)C(=O)C(CC1CC1)NC(=O)C1C2C(CN1C(=O)C(NC(=O)NC1(C3CCCCS3(=O)=O)CCCCC1)C(C)(C)C)C2(C)C. The van der Waals surface area contributed by atoms with E-state index in [9.17, 15) is 32.4 Å². The first-order chi connectivity index (χ1) is 22.9. The van der Waals surface area contributed by atoms with E-state index in [0.717, 1.165) is 38.5 Å². The number of carbonyl (C=O) groups excluding carboxylic acids is 5. The normalized spacial score (nSPS) is 29.4. The number of ketones is 1. The fourth-order valence-corrected chi connectivity index (χ4v) is 11.3. The highest BCUT2D eigenvalue weighted by Gasteiger charge is 2.70. The first-order valence-electron chi connectivity index (χ1n) is 18.3. The summed E-state index contributed by atoms with van der Waals surface area (Å²) in [5, 5.41) is 10.7. The van der Waals surface area contributed by atoms with E-state index in [4.69, 9.17) is 0 Å². The summed E-state index contributed by atoms with van der Waals surface area (Å²) in [4.78, 5) is 69.8. The highest BCUT2D eigenvalue weighted by molar-refractivity contribution is 7.92. The number of piperidine rings is 1. The molecule has 12 nitrogen and oxygen atoms in total. The summed E-state index contributed by atoms with van der Waals surface area (Å²) in [5.41, 5.74) is -1.84. The predicted molar refractivity (Wildman–Crippen MR) is 186 cm³/mol. The number of hydrogen-bond donors (Lipinski definition) is 4. The van der Waals surface area contributed by atoms with E-state index in [1.54, 1.807) is 4.90 Å². The molecule has 49 heavy (non-hydrogen) atoms. The van der Waals surface area contributed by atoms with Crippen LogP contribution < -0.4 is 21.3 Å². The Bertz CT molecular complexity index is 1440. The molecule has 4 N–H and O–H groups in total. The zero-order valence-electron chi connectivity index (χ0n) is 29.9. The lowest BCUT2D eigenvalue weighted by atomic mass is 9.77. The summed E-state index contributed by atoms with van der Waals surface area (Å²) in [6, 6.07) is -3.47. The van der Waals surface area contributed by atoms with E-state index in [0.29, 0.717) is 38.6 Å². The molecule has 2 saturated heterocycles. The van der Waals surface area contributed by atoms with Crippen LogP contribution in [0.3, 0.4) is 0 Å². The van der Waals surface area contributed by atoms with Gasteiger partial charge < -0.3 is 26.2 Å². The third kappa shape index (κ3) is 7.86. The van der Waals surface area contributed by atoms with Gasteiger partial charge in [-0.05, 0) is 60.7 Å². The summed E-state index contributed by atoms with van der Waals surface area (Å²) < 4.78 is 26.5. The van der Waals surface area contributed by atoms with Crippen LogP contribution in [0.25, 0.3) is 0 Å². The largest absolute Gasteiger partial charge is 0.346 e. The van der Waals surface area contributed by atoms with E-state index in [2.05, 4.69) is 41.7 Å². The lowest BCUT2D eigenvalue weighted by Crippen LogP contribution is -2.66. The Hall–Kier alpha value is -2.96. The van der Waals surface area contributed by atoms with Crippen LogP contribution in [0, 0.1) is 28.6 Å². The number of sulfone groups is 1. The lowest BCUT2D eigenvalue weighted by molar-refractivity contribution is -0.145. The van der Waals surface area contributed by atoms with Crippen molar-refractivity contribution in [3.63, 3.8) is 0 Å². The standard InChI is InChI=1S/C36H57N5O7S/c1-7-18-37-31(44)28(42)24(20-22-14-15-22)38-30(43)27-26-23(35(26,5)6)21-41(27)32(45)29(34(2,3)4)39-33(46)40-36(16-10-8-11-17-36)25-13-9-12-19-49(25,47)48/h7,22-27,29H,1,8-21H2,2-6H3,(H,37,44)(H,38,43)(H2,39,40,46). The van der Waals surface area contributed by atoms with E-state index in [1.807, 2.05) is 20.8 Å². The van der Waals surface area contributed by atoms with Gasteiger partial charge in [0.15, 0.2) is 9.84 Å². The highest BCUT2D eigenvalue weighted by Crippen LogP contribution is 2.65. The van der Waals surface area contributed by atoms with Gasteiger partial charge in [-0.3, -0.25) is 19.2 Å². The second-order valence-corrected chi connectivity index (χ2v) is 19.3. The summed E-state index contributed by atoms with van der Waals surface area (Å²) in [7, 11) is -3.39. The average Bonchev–Trinajstić information content (AvgIpc) is 3.88. The van der Waals surface area contributed by atoms with Crippen LogP contribution in [0.15, 0.2) is 12.7 Å². The second kappa shape index (κ2) is 14.0. The number of urea groups is 1. The minimum atomic E-state index is -3.39. The molecule has 5 rings (SSSR count). The fraction of sp³-hybridized carbons (Fsp3) is 0.806. The molecule has 6 unspecified atom stereocenters. The maximum atomic E-state index is 14.5. The van der Waals surface area contributed by atoms with Gasteiger partial charge in [0.1, 0.15) is 12.1 Å². The number of amides is 5. The molecular weight excluding hydrogens is 646 g/mol. The number of Topliss-reactive ketones (excluding diaryl/α,β-unsaturated/α-hetero) is 1. The molecule has 5 aliphatic rings. The van der Waals surface area contributed by atoms with Crippen LogP contribution >= 0.6 is 0 Å². The monoisotopic (exact) mass is 703 g/mol. The number of nitrogens with one attached hydrogen (secondary N) is 4. The van der Waals surface area contributed by atoms with E-state index in [1.165, 1.54) is 6.08 Å². The number of hydrogen-bond acceptors (Lipinski definition) is 7. The highest BCUT2D eigenvalue weighted by atomic mass is 32.2. The van der Waals surface area contributed by atoms with Gasteiger partial charge in [0.2, 0.25) is 17.6 Å². The van der Waals surface area contributed by atoms with Gasteiger partial charge >= 0.3 is 6.03 Å². The summed E-state index contributed by atoms with van der Waals surface area (Å²) in [6.45, 7) is 13.7. The Morgan fingerprint density at radius 2 is 1.63 bits per heavy atom. The van der Waals surface area contributed by atoms with Crippen molar-refractivity contribution < 1.29 is 32.4 Å². The van der Waals surface area contributed by atoms with Gasteiger partial charge in [-0.25, -0.2) is 13.2 Å². The van der Waals surface area contributed by atoms with E-state index >= 15 is 0 Å². The van der Waals surface area contributed by atoms with Crippen molar-refractivity contribution in [3.8, 4) is 0 Å². The second-order valence-electron chi connectivity index (χ2n) is 17.0. The third-order valence-corrected chi connectivity index (χ3v) is 14.4. The molecule has 5 fully saturated rings. The molecule has 0 radical (unpaired) electrons. The fourth-order valence-electron chi connectivity index (χ4n) is 8.89. The summed E-state index contributed by atoms with van der Waals surface area (Å²) >= 11 is 0. The predicted octanol–water partition coefficient (Wildman–Crippen LogP) is 3.01. The molecule has 2 aliphatic heterocycles. The number of fused-ring (bicyclic) bond motifs is 1. The zero-order valence-corrected chi connectivity index (χ0v) is 30.8. The number of carbonyl (C=O) groups is 5. The summed E-state index contributed by atoms with van der Waals surface area (Å²) in [6.07, 6.45) is 9.36. The summed E-state index contributed by atoms with van der Waals surface area (Å²) in [5.74, 6) is -2.07. The number of likely N-dealkylation sites (tertiary alicyclic amines) is 1. The quantitative estimate of drug-likeness (QED) is 0.179. The van der Waals surface area contributed by atoms with Crippen LogP contribution in [0.4, 0.5) is 4.79 Å². The van der Waals surface area contributed by atoms with Crippen molar-refractivity contribution in [2.45, 2.75) is 134 Å². The maximum Gasteiger partial charge on any atom is 0.315 e. The van der Waals surface area contributed by atoms with Crippen molar-refractivity contribution >= 4 is 39.4 Å². The van der Waals surface area contributed by atoms with E-state index < -0.39 is 73.7 Å². The van der Waals surface area contributed by atoms with Crippen LogP contribution in [0.1, 0.15) is 105 Å². The molecule has 5 amide bonds. The minimum Gasteiger partial charge on any atom is -0.346 e. The molecule has 0 aromatic heterocycles. The van der Waals surface area contributed by atoms with Gasteiger partial charge in [-0.2, -0.15) is 0 Å². The van der Waals surface area contributed by atoms with Crippen molar-refractivity contribution in [2.24, 2.45) is 28.6 Å². The first kappa shape index (κ1) is 37.3. The van der Waals surface area contributed by atoms with Gasteiger partial charge in [-0.15, -0.1) is 6.58 Å². The lowest BCUT2D eigenvalue weighted by Gasteiger charge is -2.45. The van der Waals surface area contributed by atoms with Crippen LogP contribution in [-0.2, 0) is 29.0 Å². The van der Waals surface area contributed by atoms with Crippen LogP contribution in [0.2, 0.25) is 0 Å². The third-order valence-electron chi connectivity index (χ3n) is 12.0. The topological polar surface area (TPSA) is 171 Å². The van der Waals surface area contributed by atoms with Crippen molar-refractivity contribution in [3.05, 3.63) is 12.7 Å². The molecule has 0 aromatic rings. The van der Waals surface area contributed by atoms with Gasteiger partial charge in [-0.1, -0.05) is 79.2 Å². The maximum absolute atomic E-state index is 14.5. The Kier molecular flexibility index (Phi) is 10.6. The first-order valence-corrected chi connectivity index (χ1v) is 20.0. The Balaban J connectivity index is 1.35. The molecule has 13 heteroatoms. The van der Waals surface area contributed by atoms with Crippen molar-refractivity contribution in [1.82, 2.24) is 26.2 Å². The molecule has 2 heterocycles. The molecule has 3 saturated carbocycles. The van der Waals surface area contributed by atoms with Gasteiger partial charge in [0.25, 0.3) is 5.91 Å². The molecule has 3 aliphatic carbocycles. The molecule has 6 atom stereocenters. The zero-order chi connectivity index (χ0) is 35.9. The van der Waals surface area contributed by atoms with Crippen molar-refractivity contribution in [2.75, 3.05) is 18.8 Å².